The maximum atomic E-state index is 9.18. The molecule has 2 atom stereocenters. The molecule has 0 bridgehead atoms. The van der Waals surface area contributed by atoms with E-state index in [0.29, 0.717) is 6.10 Å². The number of nitriles is 1. The summed E-state index contributed by atoms with van der Waals surface area (Å²) in [5.74, 6) is 0. The van der Waals surface area contributed by atoms with E-state index in [9.17, 15) is 5.26 Å². The molecule has 0 aromatic rings. The standard InChI is InChI=1S/C15H29N3O/c1-4-17-15(2,13-16)9-5-6-10-18(3)12-14-8-7-11-19-14/h14,17H,4-12H2,1-3H3. The van der Waals surface area contributed by atoms with Crippen molar-refractivity contribution < 1.29 is 4.74 Å². The van der Waals surface area contributed by atoms with Gasteiger partial charge >= 0.3 is 0 Å². The molecule has 0 aromatic carbocycles. The van der Waals surface area contributed by atoms with Crippen LogP contribution < -0.4 is 5.32 Å². The molecule has 4 heteroatoms. The first-order chi connectivity index (χ1) is 9.09. The molecule has 0 aromatic heterocycles. The molecule has 2 unspecified atom stereocenters. The second kappa shape index (κ2) is 8.52. The van der Waals surface area contributed by atoms with Crippen LogP contribution in [0.4, 0.5) is 0 Å². The van der Waals surface area contributed by atoms with E-state index >= 15 is 0 Å². The Kier molecular flexibility index (Phi) is 7.37. The molecular formula is C15H29N3O. The summed E-state index contributed by atoms with van der Waals surface area (Å²) >= 11 is 0. The molecule has 0 amide bonds. The Balaban J connectivity index is 2.10. The Bertz CT molecular complexity index is 284. The highest BCUT2D eigenvalue weighted by Gasteiger charge is 2.21. The van der Waals surface area contributed by atoms with Crippen LogP contribution in [0.2, 0.25) is 0 Å². The molecule has 0 spiro atoms. The van der Waals surface area contributed by atoms with Crippen molar-refractivity contribution in [2.24, 2.45) is 0 Å². The van der Waals surface area contributed by atoms with Crippen LogP contribution in [0.3, 0.4) is 0 Å². The third-order valence-corrected chi connectivity index (χ3v) is 3.82. The van der Waals surface area contributed by atoms with Crippen molar-refractivity contribution in [3.63, 3.8) is 0 Å². The van der Waals surface area contributed by atoms with Gasteiger partial charge in [-0.15, -0.1) is 0 Å². The lowest BCUT2D eigenvalue weighted by Gasteiger charge is -2.24. The quantitative estimate of drug-likeness (QED) is 0.650. The third-order valence-electron chi connectivity index (χ3n) is 3.82. The molecule has 110 valence electrons. The van der Waals surface area contributed by atoms with Crippen LogP contribution in [-0.2, 0) is 4.74 Å². The number of likely N-dealkylation sites (N-methyl/N-ethyl adjacent to an activating group) is 1. The summed E-state index contributed by atoms with van der Waals surface area (Å²) in [6.07, 6.45) is 6.01. The Morgan fingerprint density at radius 3 is 2.84 bits per heavy atom. The molecule has 19 heavy (non-hydrogen) atoms. The van der Waals surface area contributed by atoms with E-state index in [4.69, 9.17) is 4.74 Å². The molecule has 1 fully saturated rings. The third kappa shape index (κ3) is 6.38. The zero-order valence-corrected chi connectivity index (χ0v) is 12.7. The van der Waals surface area contributed by atoms with E-state index in [2.05, 4.69) is 23.3 Å². The Morgan fingerprint density at radius 2 is 2.26 bits per heavy atom. The Hall–Kier alpha value is -0.630. The number of nitrogens with zero attached hydrogens (tertiary/aromatic N) is 2. The maximum Gasteiger partial charge on any atom is 0.103 e. The first-order valence-electron chi connectivity index (χ1n) is 7.56. The Morgan fingerprint density at radius 1 is 1.47 bits per heavy atom. The zero-order chi connectivity index (χ0) is 14.1. The van der Waals surface area contributed by atoms with Crippen molar-refractivity contribution in [2.75, 3.05) is 33.3 Å². The number of ether oxygens (including phenoxy) is 1. The van der Waals surface area contributed by atoms with Gasteiger partial charge in [0.05, 0.1) is 12.2 Å². The summed E-state index contributed by atoms with van der Waals surface area (Å²) in [4.78, 5) is 2.35. The van der Waals surface area contributed by atoms with Crippen LogP contribution in [0.25, 0.3) is 0 Å². The lowest BCUT2D eigenvalue weighted by molar-refractivity contribution is 0.0806. The molecule has 0 radical (unpaired) electrons. The van der Waals surface area contributed by atoms with E-state index < -0.39 is 0 Å². The van der Waals surface area contributed by atoms with E-state index in [-0.39, 0.29) is 5.54 Å². The molecule has 1 rings (SSSR count). The average molecular weight is 267 g/mol. The second-order valence-corrected chi connectivity index (χ2v) is 5.83. The van der Waals surface area contributed by atoms with Gasteiger partial charge in [-0.25, -0.2) is 0 Å². The molecule has 0 aliphatic carbocycles. The topological polar surface area (TPSA) is 48.3 Å². The Labute approximate surface area is 118 Å². The summed E-state index contributed by atoms with van der Waals surface area (Å²) in [6, 6.07) is 2.38. The van der Waals surface area contributed by atoms with E-state index in [1.54, 1.807) is 0 Å². The van der Waals surface area contributed by atoms with Crippen LogP contribution in [-0.4, -0.2) is 49.8 Å². The first kappa shape index (κ1) is 16.4. The zero-order valence-electron chi connectivity index (χ0n) is 12.7. The molecule has 1 saturated heterocycles. The molecule has 1 aliphatic rings. The minimum atomic E-state index is -0.359. The highest BCUT2D eigenvalue weighted by molar-refractivity contribution is 5.03. The molecular weight excluding hydrogens is 238 g/mol. The molecule has 1 aliphatic heterocycles. The molecule has 4 nitrogen and oxygen atoms in total. The second-order valence-electron chi connectivity index (χ2n) is 5.83. The van der Waals surface area contributed by atoms with E-state index in [0.717, 1.165) is 45.5 Å². The lowest BCUT2D eigenvalue weighted by atomic mass is 9.96. The van der Waals surface area contributed by atoms with Crippen molar-refractivity contribution in [3.8, 4) is 6.07 Å². The predicted molar refractivity (Wildman–Crippen MR) is 78.0 cm³/mol. The fourth-order valence-electron chi connectivity index (χ4n) is 2.66. The summed E-state index contributed by atoms with van der Waals surface area (Å²) in [7, 11) is 2.16. The summed E-state index contributed by atoms with van der Waals surface area (Å²) in [6.45, 7) is 7.96. The average Bonchev–Trinajstić information content (AvgIpc) is 2.88. The van der Waals surface area contributed by atoms with Gasteiger partial charge in [0.1, 0.15) is 5.54 Å². The van der Waals surface area contributed by atoms with Gasteiger partial charge in [-0.3, -0.25) is 5.32 Å². The SMILES string of the molecule is CCNC(C)(C#N)CCCCN(C)CC1CCCO1. The van der Waals surface area contributed by atoms with Gasteiger partial charge in [-0.05, 0) is 59.2 Å². The lowest BCUT2D eigenvalue weighted by Crippen LogP contribution is -2.40. The van der Waals surface area contributed by atoms with Crippen molar-refractivity contribution in [2.45, 2.75) is 57.6 Å². The van der Waals surface area contributed by atoms with E-state index in [1.807, 2.05) is 13.8 Å². The van der Waals surface area contributed by atoms with E-state index in [1.165, 1.54) is 12.8 Å². The van der Waals surface area contributed by atoms with Crippen LogP contribution in [0.15, 0.2) is 0 Å². The highest BCUT2D eigenvalue weighted by atomic mass is 16.5. The fourth-order valence-corrected chi connectivity index (χ4v) is 2.66. The number of unbranched alkanes of at least 4 members (excludes halogenated alkanes) is 1. The van der Waals surface area contributed by atoms with Gasteiger partial charge in [0.15, 0.2) is 0 Å². The number of nitrogens with one attached hydrogen (secondary N) is 1. The highest BCUT2D eigenvalue weighted by Crippen LogP contribution is 2.15. The minimum Gasteiger partial charge on any atom is -0.377 e. The number of hydrogen-bond donors (Lipinski definition) is 1. The van der Waals surface area contributed by atoms with Crippen molar-refractivity contribution in [3.05, 3.63) is 0 Å². The van der Waals surface area contributed by atoms with Gasteiger partial charge in [0, 0.05) is 13.2 Å². The van der Waals surface area contributed by atoms with Crippen LogP contribution in [0.5, 0.6) is 0 Å². The fraction of sp³-hybridized carbons (Fsp3) is 0.933. The number of rotatable bonds is 9. The van der Waals surface area contributed by atoms with Gasteiger partial charge < -0.3 is 9.64 Å². The molecule has 0 saturated carbocycles. The van der Waals surface area contributed by atoms with Gasteiger partial charge in [-0.2, -0.15) is 5.26 Å². The van der Waals surface area contributed by atoms with Crippen LogP contribution >= 0.6 is 0 Å². The van der Waals surface area contributed by atoms with Gasteiger partial charge in [0.25, 0.3) is 0 Å². The summed E-state index contributed by atoms with van der Waals surface area (Å²) in [5, 5.41) is 12.4. The van der Waals surface area contributed by atoms with Crippen molar-refractivity contribution in [1.82, 2.24) is 10.2 Å². The normalized spacial score (nSPS) is 22.4. The summed E-state index contributed by atoms with van der Waals surface area (Å²) < 4.78 is 5.64. The van der Waals surface area contributed by atoms with Gasteiger partial charge in [-0.1, -0.05) is 6.92 Å². The number of hydrogen-bond acceptors (Lipinski definition) is 4. The first-order valence-corrected chi connectivity index (χ1v) is 7.56. The molecule has 1 heterocycles. The minimum absolute atomic E-state index is 0.359. The predicted octanol–water partition coefficient (Wildman–Crippen LogP) is 2.16. The van der Waals surface area contributed by atoms with Crippen molar-refractivity contribution in [1.29, 1.82) is 5.26 Å². The monoisotopic (exact) mass is 267 g/mol. The van der Waals surface area contributed by atoms with Crippen molar-refractivity contribution >= 4 is 0 Å². The largest absolute Gasteiger partial charge is 0.377 e. The molecule has 1 N–H and O–H groups in total. The summed E-state index contributed by atoms with van der Waals surface area (Å²) in [5.41, 5.74) is -0.359. The van der Waals surface area contributed by atoms with Gasteiger partial charge in [0.2, 0.25) is 0 Å². The van der Waals surface area contributed by atoms with Crippen LogP contribution in [0.1, 0.15) is 46.0 Å². The van der Waals surface area contributed by atoms with Crippen LogP contribution in [0, 0.1) is 11.3 Å². The maximum absolute atomic E-state index is 9.18. The smallest absolute Gasteiger partial charge is 0.103 e.